The van der Waals surface area contributed by atoms with Gasteiger partial charge in [-0.25, -0.2) is 8.42 Å². The Morgan fingerprint density at radius 3 is 2.79 bits per heavy atom. The molecular weight excluding hydrogens is 262 g/mol. The van der Waals surface area contributed by atoms with Gasteiger partial charge in [-0.05, 0) is 32.4 Å². The van der Waals surface area contributed by atoms with Crippen molar-refractivity contribution < 1.29 is 8.42 Å². The quantitative estimate of drug-likeness (QED) is 0.887. The van der Waals surface area contributed by atoms with Gasteiger partial charge in [-0.2, -0.15) is 4.31 Å². The van der Waals surface area contributed by atoms with Crippen LogP contribution >= 0.6 is 0 Å². The minimum absolute atomic E-state index is 0.113. The molecule has 5 nitrogen and oxygen atoms in total. The van der Waals surface area contributed by atoms with E-state index in [1.807, 2.05) is 25.5 Å². The fourth-order valence-corrected chi connectivity index (χ4v) is 4.34. The van der Waals surface area contributed by atoms with Crippen LogP contribution in [0.4, 0.5) is 0 Å². The zero-order valence-electron chi connectivity index (χ0n) is 11.9. The van der Waals surface area contributed by atoms with Crippen LogP contribution in [0.2, 0.25) is 0 Å². The summed E-state index contributed by atoms with van der Waals surface area (Å²) in [4.78, 5) is 0.414. The molecule has 0 saturated carbocycles. The summed E-state index contributed by atoms with van der Waals surface area (Å²) in [5, 5.41) is 3.22. The summed E-state index contributed by atoms with van der Waals surface area (Å²) in [5.74, 6) is 0. The molecule has 1 aliphatic rings. The molecule has 0 aliphatic carbocycles. The highest BCUT2D eigenvalue weighted by molar-refractivity contribution is 7.89. The van der Waals surface area contributed by atoms with E-state index in [2.05, 4.69) is 5.32 Å². The van der Waals surface area contributed by atoms with E-state index in [0.29, 0.717) is 18.0 Å². The third-order valence-corrected chi connectivity index (χ3v) is 5.72. The molecule has 2 rings (SSSR count). The fourth-order valence-electron chi connectivity index (χ4n) is 2.55. The number of hydrogen-bond acceptors (Lipinski definition) is 3. The third-order valence-electron chi connectivity index (χ3n) is 3.74. The van der Waals surface area contributed by atoms with Crippen LogP contribution in [0, 0.1) is 0 Å². The Balaban J connectivity index is 2.26. The van der Waals surface area contributed by atoms with Crippen molar-refractivity contribution in [3.63, 3.8) is 0 Å². The molecule has 1 aromatic heterocycles. The molecule has 1 atom stereocenters. The molecule has 2 heterocycles. The monoisotopic (exact) mass is 285 g/mol. The first-order chi connectivity index (χ1) is 8.96. The third kappa shape index (κ3) is 2.85. The van der Waals surface area contributed by atoms with E-state index in [4.69, 9.17) is 0 Å². The van der Waals surface area contributed by atoms with Gasteiger partial charge in [-0.15, -0.1) is 0 Å². The number of nitrogens with one attached hydrogen (secondary N) is 1. The van der Waals surface area contributed by atoms with Gasteiger partial charge in [-0.3, -0.25) is 0 Å². The van der Waals surface area contributed by atoms with Crippen molar-refractivity contribution in [2.75, 3.05) is 13.1 Å². The lowest BCUT2D eigenvalue weighted by Gasteiger charge is -2.19. The second-order valence-corrected chi connectivity index (χ2v) is 7.06. The Bertz CT molecular complexity index is 536. The van der Waals surface area contributed by atoms with Crippen LogP contribution in [0.1, 0.15) is 32.4 Å². The Labute approximate surface area is 115 Å². The average Bonchev–Trinajstić information content (AvgIpc) is 2.93. The predicted octanol–water partition coefficient (Wildman–Crippen LogP) is 1.31. The van der Waals surface area contributed by atoms with Crippen molar-refractivity contribution >= 4 is 10.0 Å². The molecule has 6 heteroatoms. The molecule has 0 aromatic carbocycles. The van der Waals surface area contributed by atoms with Crippen molar-refractivity contribution in [1.82, 2.24) is 14.2 Å². The lowest BCUT2D eigenvalue weighted by atomic mass is 10.3. The summed E-state index contributed by atoms with van der Waals surface area (Å²) < 4.78 is 28.7. The molecule has 0 amide bonds. The minimum Gasteiger partial charge on any atom is -0.352 e. The van der Waals surface area contributed by atoms with Crippen molar-refractivity contribution in [2.45, 2.75) is 44.2 Å². The summed E-state index contributed by atoms with van der Waals surface area (Å²) in [7, 11) is -1.44. The van der Waals surface area contributed by atoms with E-state index in [1.54, 1.807) is 16.6 Å². The van der Waals surface area contributed by atoms with Gasteiger partial charge >= 0.3 is 0 Å². The summed E-state index contributed by atoms with van der Waals surface area (Å²) in [6, 6.07) is 1.89. The summed E-state index contributed by atoms with van der Waals surface area (Å²) in [5.41, 5.74) is 0.993. The van der Waals surface area contributed by atoms with E-state index < -0.39 is 10.0 Å². The molecule has 1 fully saturated rings. The van der Waals surface area contributed by atoms with Crippen LogP contribution in [-0.2, 0) is 23.6 Å². The van der Waals surface area contributed by atoms with Crippen molar-refractivity contribution in [3.8, 4) is 0 Å². The molecule has 1 saturated heterocycles. The van der Waals surface area contributed by atoms with E-state index in [9.17, 15) is 8.42 Å². The maximum atomic E-state index is 12.6. The smallest absolute Gasteiger partial charge is 0.244 e. The summed E-state index contributed by atoms with van der Waals surface area (Å²) >= 11 is 0. The Morgan fingerprint density at radius 2 is 2.21 bits per heavy atom. The van der Waals surface area contributed by atoms with Crippen LogP contribution in [0.15, 0.2) is 17.2 Å². The topological polar surface area (TPSA) is 54.3 Å². The maximum absolute atomic E-state index is 12.6. The number of aromatic nitrogens is 1. The lowest BCUT2D eigenvalue weighted by Crippen LogP contribution is -2.33. The van der Waals surface area contributed by atoms with Crippen LogP contribution in [-0.4, -0.2) is 36.4 Å². The SMILES string of the molecule is CCNCc1cc(S(=O)(=O)N2CCCC2C)cn1C. The first kappa shape index (κ1) is 14.6. The Kier molecular flexibility index (Phi) is 4.32. The van der Waals surface area contributed by atoms with Gasteiger partial charge in [0.15, 0.2) is 0 Å². The highest BCUT2D eigenvalue weighted by atomic mass is 32.2. The van der Waals surface area contributed by atoms with Gasteiger partial charge in [0.1, 0.15) is 4.90 Å². The second kappa shape index (κ2) is 5.64. The Morgan fingerprint density at radius 1 is 1.47 bits per heavy atom. The largest absolute Gasteiger partial charge is 0.352 e. The molecule has 1 aliphatic heterocycles. The predicted molar refractivity (Wildman–Crippen MR) is 75.4 cm³/mol. The summed E-state index contributed by atoms with van der Waals surface area (Å²) in [6.07, 6.45) is 3.63. The van der Waals surface area contributed by atoms with Gasteiger partial charge in [0.05, 0.1) is 0 Å². The maximum Gasteiger partial charge on any atom is 0.244 e. The van der Waals surface area contributed by atoms with Gasteiger partial charge in [0, 0.05) is 38.1 Å². The van der Waals surface area contributed by atoms with Crippen molar-refractivity contribution in [3.05, 3.63) is 18.0 Å². The van der Waals surface area contributed by atoms with Gasteiger partial charge in [0.2, 0.25) is 10.0 Å². The second-order valence-electron chi connectivity index (χ2n) is 5.17. The molecule has 0 bridgehead atoms. The molecule has 108 valence electrons. The first-order valence-corrected chi connectivity index (χ1v) is 8.28. The standard InChI is InChI=1S/C13H23N3O2S/c1-4-14-9-12-8-13(10-15(12)3)19(17,18)16-7-5-6-11(16)2/h8,10-11,14H,4-7,9H2,1-3H3. The van der Waals surface area contributed by atoms with Crippen molar-refractivity contribution in [2.24, 2.45) is 7.05 Å². The van der Waals surface area contributed by atoms with Crippen LogP contribution in [0.3, 0.4) is 0 Å². The highest BCUT2D eigenvalue weighted by Crippen LogP contribution is 2.26. The fraction of sp³-hybridized carbons (Fsp3) is 0.692. The van der Waals surface area contributed by atoms with E-state index in [0.717, 1.165) is 25.1 Å². The van der Waals surface area contributed by atoms with E-state index >= 15 is 0 Å². The molecule has 1 aromatic rings. The van der Waals surface area contributed by atoms with Crippen LogP contribution in [0.25, 0.3) is 0 Å². The molecule has 1 N–H and O–H groups in total. The molecule has 0 radical (unpaired) electrons. The Hall–Kier alpha value is -0.850. The number of rotatable bonds is 5. The van der Waals surface area contributed by atoms with Gasteiger partial charge in [0.25, 0.3) is 0 Å². The first-order valence-electron chi connectivity index (χ1n) is 6.84. The van der Waals surface area contributed by atoms with Crippen molar-refractivity contribution in [1.29, 1.82) is 0 Å². The number of aryl methyl sites for hydroxylation is 1. The van der Waals surface area contributed by atoms with E-state index in [-0.39, 0.29) is 6.04 Å². The molecule has 19 heavy (non-hydrogen) atoms. The minimum atomic E-state index is -3.33. The lowest BCUT2D eigenvalue weighted by molar-refractivity contribution is 0.408. The zero-order chi connectivity index (χ0) is 14.0. The van der Waals surface area contributed by atoms with Crippen LogP contribution in [0.5, 0.6) is 0 Å². The number of sulfonamides is 1. The molecule has 1 unspecified atom stereocenters. The zero-order valence-corrected chi connectivity index (χ0v) is 12.7. The normalized spacial score (nSPS) is 21.1. The average molecular weight is 285 g/mol. The van der Waals surface area contributed by atoms with E-state index in [1.165, 1.54) is 0 Å². The number of hydrogen-bond donors (Lipinski definition) is 1. The highest BCUT2D eigenvalue weighted by Gasteiger charge is 2.33. The van der Waals surface area contributed by atoms with Gasteiger partial charge < -0.3 is 9.88 Å². The molecule has 0 spiro atoms. The summed E-state index contributed by atoms with van der Waals surface area (Å²) in [6.45, 7) is 6.22. The van der Waals surface area contributed by atoms with Gasteiger partial charge in [-0.1, -0.05) is 6.92 Å². The molecular formula is C13H23N3O2S. The number of nitrogens with zero attached hydrogens (tertiary/aromatic N) is 2. The van der Waals surface area contributed by atoms with Crippen LogP contribution < -0.4 is 5.32 Å².